The molecule has 7 heteroatoms. The lowest BCUT2D eigenvalue weighted by Crippen LogP contribution is -2.50. The molecule has 1 N–H and O–H groups in total. The van der Waals surface area contributed by atoms with Gasteiger partial charge in [-0.1, -0.05) is 49.6 Å². The van der Waals surface area contributed by atoms with E-state index in [1.54, 1.807) is 0 Å². The molecule has 2 aromatic heterocycles. The molecule has 1 aliphatic rings. The van der Waals surface area contributed by atoms with E-state index in [2.05, 4.69) is 16.4 Å². The Bertz CT molecular complexity index is 1150. The van der Waals surface area contributed by atoms with Crippen LogP contribution in [0.15, 0.2) is 41.5 Å². The normalized spacial score (nSPS) is 15.7. The van der Waals surface area contributed by atoms with Crippen LogP contribution in [0.1, 0.15) is 37.0 Å². The Kier molecular flexibility index (Phi) is 5.20. The molecule has 1 amide bonds. The van der Waals surface area contributed by atoms with Crippen molar-refractivity contribution in [1.82, 2.24) is 14.9 Å². The Morgan fingerprint density at radius 2 is 2.00 bits per heavy atom. The summed E-state index contributed by atoms with van der Waals surface area (Å²) in [6, 6.07) is 12.0. The molecule has 0 unspecified atom stereocenters. The Balaban J connectivity index is 1.67. The number of rotatable bonds is 4. The molecule has 4 rings (SSSR count). The van der Waals surface area contributed by atoms with Crippen molar-refractivity contribution in [2.45, 2.75) is 51.1 Å². The molecule has 0 radical (unpaired) electrons. The van der Waals surface area contributed by atoms with Gasteiger partial charge in [-0.15, -0.1) is 11.3 Å². The third kappa shape index (κ3) is 3.68. The monoisotopic (exact) mass is 406 g/mol. The summed E-state index contributed by atoms with van der Waals surface area (Å²) in [6.07, 6.45) is 5.67. The van der Waals surface area contributed by atoms with Crippen molar-refractivity contribution in [3.05, 3.63) is 51.9 Å². The quantitative estimate of drug-likeness (QED) is 0.714. The van der Waals surface area contributed by atoms with Gasteiger partial charge in [0, 0.05) is 10.4 Å². The summed E-state index contributed by atoms with van der Waals surface area (Å²) in [6.45, 7) is 1.83. The van der Waals surface area contributed by atoms with E-state index in [9.17, 15) is 14.9 Å². The fourth-order valence-corrected chi connectivity index (χ4v) is 5.09. The second-order valence-electron chi connectivity index (χ2n) is 7.56. The molecule has 1 aromatic carbocycles. The number of carbonyl (C=O) groups excluding carboxylic acids is 1. The van der Waals surface area contributed by atoms with E-state index in [0.717, 1.165) is 35.3 Å². The number of aromatic nitrogens is 2. The zero-order valence-electron chi connectivity index (χ0n) is 16.3. The van der Waals surface area contributed by atoms with Gasteiger partial charge >= 0.3 is 0 Å². The SMILES string of the molecule is Cc1sc2ncn(CC(=O)NC3(C#N)CCCCC3)c(=O)c2c1-c1ccccc1. The van der Waals surface area contributed by atoms with Gasteiger partial charge in [0.25, 0.3) is 5.56 Å². The van der Waals surface area contributed by atoms with Crippen LogP contribution < -0.4 is 10.9 Å². The highest BCUT2D eigenvalue weighted by atomic mass is 32.1. The van der Waals surface area contributed by atoms with Gasteiger partial charge in [-0.2, -0.15) is 5.26 Å². The first-order valence-corrected chi connectivity index (χ1v) is 10.6. The summed E-state index contributed by atoms with van der Waals surface area (Å²) in [5, 5.41) is 13.0. The summed E-state index contributed by atoms with van der Waals surface area (Å²) in [7, 11) is 0. The highest BCUT2D eigenvalue weighted by Crippen LogP contribution is 2.35. The van der Waals surface area contributed by atoms with Gasteiger partial charge in [0.05, 0.1) is 17.8 Å². The number of nitriles is 1. The summed E-state index contributed by atoms with van der Waals surface area (Å²) in [5.74, 6) is -0.329. The largest absolute Gasteiger partial charge is 0.336 e. The van der Waals surface area contributed by atoms with Gasteiger partial charge in [0.1, 0.15) is 16.9 Å². The number of nitrogens with zero attached hydrogens (tertiary/aromatic N) is 3. The maximum absolute atomic E-state index is 13.2. The Morgan fingerprint density at radius 1 is 1.28 bits per heavy atom. The van der Waals surface area contributed by atoms with Crippen molar-refractivity contribution in [3.63, 3.8) is 0 Å². The smallest absolute Gasteiger partial charge is 0.263 e. The number of carbonyl (C=O) groups is 1. The minimum Gasteiger partial charge on any atom is -0.336 e. The molecule has 0 atom stereocenters. The first-order chi connectivity index (χ1) is 14.0. The van der Waals surface area contributed by atoms with Gasteiger partial charge in [-0.25, -0.2) is 4.98 Å². The van der Waals surface area contributed by atoms with Crippen LogP contribution in [0.25, 0.3) is 21.3 Å². The van der Waals surface area contributed by atoms with Crippen LogP contribution in [0.5, 0.6) is 0 Å². The molecule has 0 aliphatic heterocycles. The van der Waals surface area contributed by atoms with Crippen molar-refractivity contribution in [2.24, 2.45) is 0 Å². The third-order valence-corrected chi connectivity index (χ3v) is 6.54. The predicted octanol–water partition coefficient (Wildman–Crippen LogP) is 3.78. The molecule has 0 bridgehead atoms. The van der Waals surface area contributed by atoms with Crippen molar-refractivity contribution in [1.29, 1.82) is 5.26 Å². The number of aryl methyl sites for hydroxylation is 1. The molecule has 1 fully saturated rings. The lowest BCUT2D eigenvalue weighted by molar-refractivity contribution is -0.123. The van der Waals surface area contributed by atoms with Gasteiger partial charge in [0.2, 0.25) is 5.91 Å². The van der Waals surface area contributed by atoms with Crippen LogP contribution in [0.2, 0.25) is 0 Å². The standard InChI is InChI=1S/C22H22N4O2S/c1-15-18(16-8-4-2-5-9-16)19-20(29-15)24-14-26(21(19)28)12-17(27)25-22(13-23)10-6-3-7-11-22/h2,4-5,8-9,14H,3,6-7,10-12H2,1H3,(H,25,27). The van der Waals surface area contributed by atoms with Gasteiger partial charge < -0.3 is 5.32 Å². The van der Waals surface area contributed by atoms with E-state index in [1.807, 2.05) is 37.3 Å². The molecule has 1 aliphatic carbocycles. The van der Waals surface area contributed by atoms with Crippen LogP contribution >= 0.6 is 11.3 Å². The number of thiophene rings is 1. The van der Waals surface area contributed by atoms with Crippen LogP contribution in [-0.4, -0.2) is 21.0 Å². The Labute approximate surface area is 172 Å². The second-order valence-corrected chi connectivity index (χ2v) is 8.76. The molecule has 6 nitrogen and oxygen atoms in total. The fourth-order valence-electron chi connectivity index (χ4n) is 4.08. The van der Waals surface area contributed by atoms with E-state index in [1.165, 1.54) is 22.2 Å². The molecule has 0 spiro atoms. The third-order valence-electron chi connectivity index (χ3n) is 5.53. The number of benzene rings is 1. The topological polar surface area (TPSA) is 87.8 Å². The molecule has 29 heavy (non-hydrogen) atoms. The Hall–Kier alpha value is -2.98. The summed E-state index contributed by atoms with van der Waals surface area (Å²) in [5.41, 5.74) is 0.787. The van der Waals surface area contributed by atoms with Crippen molar-refractivity contribution in [3.8, 4) is 17.2 Å². The fraction of sp³-hybridized carbons (Fsp3) is 0.364. The summed E-state index contributed by atoms with van der Waals surface area (Å²) in [4.78, 5) is 32.0. The van der Waals surface area contributed by atoms with Crippen LogP contribution in [-0.2, 0) is 11.3 Å². The molecule has 2 heterocycles. The van der Waals surface area contributed by atoms with E-state index in [-0.39, 0.29) is 18.0 Å². The van der Waals surface area contributed by atoms with Crippen molar-refractivity contribution in [2.75, 3.05) is 0 Å². The summed E-state index contributed by atoms with van der Waals surface area (Å²) >= 11 is 1.48. The zero-order chi connectivity index (χ0) is 20.4. The van der Waals surface area contributed by atoms with Crippen LogP contribution in [0, 0.1) is 18.3 Å². The number of hydrogen-bond acceptors (Lipinski definition) is 5. The molecular weight excluding hydrogens is 384 g/mol. The number of fused-ring (bicyclic) bond motifs is 1. The number of nitrogens with one attached hydrogen (secondary N) is 1. The van der Waals surface area contributed by atoms with Gasteiger partial charge in [0.15, 0.2) is 0 Å². The Morgan fingerprint density at radius 3 is 2.69 bits per heavy atom. The number of hydrogen-bond donors (Lipinski definition) is 1. The average molecular weight is 407 g/mol. The van der Waals surface area contributed by atoms with Crippen LogP contribution in [0.3, 0.4) is 0 Å². The zero-order valence-corrected chi connectivity index (χ0v) is 17.1. The van der Waals surface area contributed by atoms with Crippen LogP contribution in [0.4, 0.5) is 0 Å². The highest BCUT2D eigenvalue weighted by Gasteiger charge is 2.33. The molecular formula is C22H22N4O2S. The van der Waals surface area contributed by atoms with Gasteiger partial charge in [-0.3, -0.25) is 14.2 Å². The lowest BCUT2D eigenvalue weighted by atomic mass is 9.83. The minimum atomic E-state index is -0.815. The maximum atomic E-state index is 13.2. The molecule has 1 saturated carbocycles. The molecule has 148 valence electrons. The minimum absolute atomic E-state index is 0.145. The summed E-state index contributed by atoms with van der Waals surface area (Å²) < 4.78 is 1.34. The van der Waals surface area contributed by atoms with E-state index in [4.69, 9.17) is 0 Å². The first kappa shape index (κ1) is 19.3. The van der Waals surface area contributed by atoms with E-state index in [0.29, 0.717) is 23.1 Å². The average Bonchev–Trinajstić information content (AvgIpc) is 3.08. The van der Waals surface area contributed by atoms with E-state index >= 15 is 0 Å². The van der Waals surface area contributed by atoms with E-state index < -0.39 is 5.54 Å². The number of amides is 1. The predicted molar refractivity (Wildman–Crippen MR) is 114 cm³/mol. The molecule has 0 saturated heterocycles. The first-order valence-electron chi connectivity index (χ1n) is 9.79. The van der Waals surface area contributed by atoms with Crippen molar-refractivity contribution < 1.29 is 4.79 Å². The molecule has 3 aromatic rings. The highest BCUT2D eigenvalue weighted by molar-refractivity contribution is 7.19. The maximum Gasteiger partial charge on any atom is 0.263 e. The second kappa shape index (κ2) is 7.80. The lowest BCUT2D eigenvalue weighted by Gasteiger charge is -2.31. The van der Waals surface area contributed by atoms with Gasteiger partial charge in [-0.05, 0) is 25.3 Å². The van der Waals surface area contributed by atoms with Crippen molar-refractivity contribution >= 4 is 27.5 Å².